The third-order valence-electron chi connectivity index (χ3n) is 6.13. The molecule has 2 fully saturated rings. The van der Waals surface area contributed by atoms with Gasteiger partial charge in [0, 0.05) is 26.7 Å². The van der Waals surface area contributed by atoms with Crippen LogP contribution in [0, 0.1) is 5.92 Å². The molecule has 0 aromatic heterocycles. The van der Waals surface area contributed by atoms with Crippen LogP contribution < -0.4 is 10.6 Å². The lowest BCUT2D eigenvalue weighted by Gasteiger charge is -2.30. The van der Waals surface area contributed by atoms with Crippen LogP contribution in [-0.2, 0) is 13.1 Å². The standard InChI is InChI=1S/C23H39N5.HI/c1-20-10-16-27(17-11-20)15-5-12-25-23(24-2)26-18-21-6-8-22(9-7-21)19-28-13-3-4-14-28;/h6-9,20H,3-5,10-19H2,1-2H3,(H2,24,25,26);1H. The van der Waals surface area contributed by atoms with Gasteiger partial charge in [-0.25, -0.2) is 0 Å². The van der Waals surface area contributed by atoms with E-state index in [9.17, 15) is 0 Å². The minimum absolute atomic E-state index is 0. The van der Waals surface area contributed by atoms with Gasteiger partial charge >= 0.3 is 0 Å². The molecule has 29 heavy (non-hydrogen) atoms. The molecule has 0 bridgehead atoms. The number of nitrogens with one attached hydrogen (secondary N) is 2. The molecule has 0 atom stereocenters. The zero-order valence-electron chi connectivity index (χ0n) is 18.3. The summed E-state index contributed by atoms with van der Waals surface area (Å²) in [5.41, 5.74) is 2.72. The maximum atomic E-state index is 4.36. The molecule has 5 nitrogen and oxygen atoms in total. The van der Waals surface area contributed by atoms with Crippen LogP contribution in [0.25, 0.3) is 0 Å². The van der Waals surface area contributed by atoms with Gasteiger partial charge in [-0.15, -0.1) is 24.0 Å². The minimum atomic E-state index is 0. The Morgan fingerprint density at radius 1 is 0.966 bits per heavy atom. The van der Waals surface area contributed by atoms with Gasteiger partial charge in [0.05, 0.1) is 0 Å². The molecule has 0 spiro atoms. The van der Waals surface area contributed by atoms with Gasteiger partial charge in [-0.1, -0.05) is 31.2 Å². The number of aliphatic imine (C=N–C) groups is 1. The lowest BCUT2D eigenvalue weighted by atomic mass is 9.99. The van der Waals surface area contributed by atoms with Gasteiger partial charge < -0.3 is 15.5 Å². The summed E-state index contributed by atoms with van der Waals surface area (Å²) in [5.74, 6) is 1.81. The van der Waals surface area contributed by atoms with Gasteiger partial charge in [-0.2, -0.15) is 0 Å². The Kier molecular flexibility index (Phi) is 11.3. The fourth-order valence-corrected chi connectivity index (χ4v) is 4.16. The minimum Gasteiger partial charge on any atom is -0.356 e. The van der Waals surface area contributed by atoms with E-state index >= 15 is 0 Å². The zero-order chi connectivity index (χ0) is 19.6. The van der Waals surface area contributed by atoms with E-state index in [0.717, 1.165) is 31.5 Å². The first-order valence-corrected chi connectivity index (χ1v) is 11.2. The molecule has 2 aliphatic rings. The third-order valence-corrected chi connectivity index (χ3v) is 6.13. The second kappa shape index (κ2) is 13.4. The second-order valence-corrected chi connectivity index (χ2v) is 8.53. The number of hydrogen-bond acceptors (Lipinski definition) is 3. The highest BCUT2D eigenvalue weighted by Gasteiger charge is 2.15. The van der Waals surface area contributed by atoms with Crippen molar-refractivity contribution in [3.05, 3.63) is 35.4 Å². The van der Waals surface area contributed by atoms with Crippen LogP contribution >= 0.6 is 24.0 Å². The van der Waals surface area contributed by atoms with E-state index in [1.807, 2.05) is 7.05 Å². The van der Waals surface area contributed by atoms with Crippen LogP contribution in [0.4, 0.5) is 0 Å². The summed E-state index contributed by atoms with van der Waals surface area (Å²) in [7, 11) is 1.85. The molecule has 2 aliphatic heterocycles. The van der Waals surface area contributed by atoms with Gasteiger partial charge in [0.1, 0.15) is 0 Å². The van der Waals surface area contributed by atoms with Crippen molar-refractivity contribution in [2.24, 2.45) is 10.9 Å². The van der Waals surface area contributed by atoms with Gasteiger partial charge in [0.25, 0.3) is 0 Å². The maximum Gasteiger partial charge on any atom is 0.191 e. The number of rotatable bonds is 8. The predicted octanol–water partition coefficient (Wildman–Crippen LogP) is 3.69. The first kappa shape index (κ1) is 24.4. The highest BCUT2D eigenvalue weighted by atomic mass is 127. The fourth-order valence-electron chi connectivity index (χ4n) is 4.16. The predicted molar refractivity (Wildman–Crippen MR) is 134 cm³/mol. The van der Waals surface area contributed by atoms with Crippen molar-refractivity contribution in [2.75, 3.05) is 46.3 Å². The lowest BCUT2D eigenvalue weighted by molar-refractivity contribution is 0.191. The molecule has 2 saturated heterocycles. The molecule has 6 heteroatoms. The summed E-state index contributed by atoms with van der Waals surface area (Å²) in [5, 5.41) is 6.89. The smallest absolute Gasteiger partial charge is 0.191 e. The van der Waals surface area contributed by atoms with E-state index < -0.39 is 0 Å². The van der Waals surface area contributed by atoms with Crippen molar-refractivity contribution in [3.63, 3.8) is 0 Å². The average Bonchev–Trinajstić information content (AvgIpc) is 3.23. The Morgan fingerprint density at radius 3 is 2.28 bits per heavy atom. The van der Waals surface area contributed by atoms with E-state index in [1.165, 1.54) is 76.0 Å². The van der Waals surface area contributed by atoms with Gasteiger partial charge in [-0.05, 0) is 81.9 Å². The topological polar surface area (TPSA) is 42.9 Å². The Bertz CT molecular complexity index is 590. The van der Waals surface area contributed by atoms with Crippen molar-refractivity contribution in [3.8, 4) is 0 Å². The maximum absolute atomic E-state index is 4.36. The normalized spacial score (nSPS) is 19.2. The fraction of sp³-hybridized carbons (Fsp3) is 0.696. The van der Waals surface area contributed by atoms with Crippen molar-refractivity contribution in [1.29, 1.82) is 0 Å². The van der Waals surface area contributed by atoms with Gasteiger partial charge in [0.15, 0.2) is 5.96 Å². The third kappa shape index (κ3) is 8.80. The number of likely N-dealkylation sites (tertiary alicyclic amines) is 2. The molecule has 0 saturated carbocycles. The van der Waals surface area contributed by atoms with Crippen LogP contribution in [0.3, 0.4) is 0 Å². The molecular formula is C23H40IN5. The number of guanidine groups is 1. The summed E-state index contributed by atoms with van der Waals surface area (Å²) in [6, 6.07) is 9.02. The number of halogens is 1. The Hall–Kier alpha value is -0.860. The Labute approximate surface area is 194 Å². The summed E-state index contributed by atoms with van der Waals surface area (Å²) < 4.78 is 0. The average molecular weight is 514 g/mol. The SMILES string of the molecule is CN=C(NCCCN1CCC(C)CC1)NCc1ccc(CN2CCCC2)cc1.I. The lowest BCUT2D eigenvalue weighted by Crippen LogP contribution is -2.39. The summed E-state index contributed by atoms with van der Waals surface area (Å²) >= 11 is 0. The summed E-state index contributed by atoms with van der Waals surface area (Å²) in [6.07, 6.45) is 6.58. The number of benzene rings is 1. The van der Waals surface area contributed by atoms with E-state index in [-0.39, 0.29) is 24.0 Å². The molecule has 0 radical (unpaired) electrons. The largest absolute Gasteiger partial charge is 0.356 e. The molecule has 2 N–H and O–H groups in total. The highest BCUT2D eigenvalue weighted by molar-refractivity contribution is 14.0. The molecule has 1 aromatic rings. The van der Waals surface area contributed by atoms with Gasteiger partial charge in [-0.3, -0.25) is 9.89 Å². The Morgan fingerprint density at radius 2 is 1.62 bits per heavy atom. The summed E-state index contributed by atoms with van der Waals surface area (Å²) in [4.78, 5) is 9.50. The number of nitrogens with zero attached hydrogens (tertiary/aromatic N) is 3. The van der Waals surface area contributed by atoms with E-state index in [4.69, 9.17) is 0 Å². The second-order valence-electron chi connectivity index (χ2n) is 8.53. The van der Waals surface area contributed by atoms with Crippen molar-refractivity contribution < 1.29 is 0 Å². The Balaban J connectivity index is 0.00000300. The monoisotopic (exact) mass is 513 g/mol. The molecule has 3 rings (SSSR count). The van der Waals surface area contributed by atoms with Crippen LogP contribution in [-0.4, -0.2) is 62.1 Å². The van der Waals surface area contributed by atoms with Crippen LogP contribution in [0.1, 0.15) is 50.2 Å². The van der Waals surface area contributed by atoms with Crippen molar-refractivity contribution >= 4 is 29.9 Å². The van der Waals surface area contributed by atoms with E-state index in [1.54, 1.807) is 0 Å². The quantitative estimate of drug-likeness (QED) is 0.241. The van der Waals surface area contributed by atoms with Crippen molar-refractivity contribution in [2.45, 2.75) is 52.1 Å². The molecule has 0 aliphatic carbocycles. The van der Waals surface area contributed by atoms with Crippen LogP contribution in [0.5, 0.6) is 0 Å². The highest BCUT2D eigenvalue weighted by Crippen LogP contribution is 2.16. The molecule has 1 aromatic carbocycles. The number of hydrogen-bond donors (Lipinski definition) is 2. The number of piperidine rings is 1. The first-order chi connectivity index (χ1) is 13.7. The van der Waals surface area contributed by atoms with Crippen LogP contribution in [0.2, 0.25) is 0 Å². The summed E-state index contributed by atoms with van der Waals surface area (Å²) in [6.45, 7) is 11.5. The zero-order valence-corrected chi connectivity index (χ0v) is 20.7. The molecular weight excluding hydrogens is 473 g/mol. The van der Waals surface area contributed by atoms with Crippen LogP contribution in [0.15, 0.2) is 29.3 Å². The molecule has 2 heterocycles. The molecule has 0 unspecified atom stereocenters. The van der Waals surface area contributed by atoms with E-state index in [0.29, 0.717) is 0 Å². The van der Waals surface area contributed by atoms with E-state index in [2.05, 4.69) is 56.6 Å². The van der Waals surface area contributed by atoms with Crippen molar-refractivity contribution in [1.82, 2.24) is 20.4 Å². The first-order valence-electron chi connectivity index (χ1n) is 11.2. The van der Waals surface area contributed by atoms with Gasteiger partial charge in [0.2, 0.25) is 0 Å². The molecule has 164 valence electrons. The molecule has 0 amide bonds.